The van der Waals surface area contributed by atoms with Gasteiger partial charge in [0.1, 0.15) is 17.7 Å². The summed E-state index contributed by atoms with van der Waals surface area (Å²) in [5.74, 6) is -0.625. The van der Waals surface area contributed by atoms with Crippen molar-refractivity contribution >= 4 is 18.0 Å². The lowest BCUT2D eigenvalue weighted by atomic mass is 9.84. The summed E-state index contributed by atoms with van der Waals surface area (Å²) in [4.78, 5) is 42.2. The number of hydrogen-bond acceptors (Lipinski definition) is 6. The lowest BCUT2D eigenvalue weighted by molar-refractivity contribution is -0.151. The van der Waals surface area contributed by atoms with Crippen LogP contribution in [0.3, 0.4) is 0 Å². The van der Waals surface area contributed by atoms with Gasteiger partial charge in [-0.1, -0.05) is 37.2 Å². The third-order valence-electron chi connectivity index (χ3n) is 5.53. The Labute approximate surface area is 177 Å². The summed E-state index contributed by atoms with van der Waals surface area (Å²) >= 11 is 0. The summed E-state index contributed by atoms with van der Waals surface area (Å²) < 4.78 is 10.2. The van der Waals surface area contributed by atoms with Gasteiger partial charge in [0, 0.05) is 11.5 Å². The first-order chi connectivity index (χ1) is 14.1. The monoisotopic (exact) mass is 423 g/mol. The number of rotatable bonds is 6. The molecule has 0 spiro atoms. The minimum absolute atomic E-state index is 0.111. The maximum Gasteiger partial charge on any atom is 0.408 e. The number of carbonyl (C=O) groups is 3. The number of esters is 1. The zero-order chi connectivity index (χ0) is 22.3. The SMILES string of the molecule is COC(=O)[C@@H]1C[C@H](N=[N+]=[N-])CN1C(=O)[C@@H](CC1CCCCC1)NC(=O)OC(C)(C)C. The fourth-order valence-corrected chi connectivity index (χ4v) is 4.20. The van der Waals surface area contributed by atoms with Crippen molar-refractivity contribution in [3.63, 3.8) is 0 Å². The highest BCUT2D eigenvalue weighted by atomic mass is 16.6. The molecule has 30 heavy (non-hydrogen) atoms. The average molecular weight is 424 g/mol. The summed E-state index contributed by atoms with van der Waals surface area (Å²) in [5.41, 5.74) is 8.05. The predicted octanol–water partition coefficient (Wildman–Crippen LogP) is 3.30. The maximum absolute atomic E-state index is 13.4. The van der Waals surface area contributed by atoms with Gasteiger partial charge in [-0.2, -0.15) is 0 Å². The van der Waals surface area contributed by atoms with Gasteiger partial charge in [0.2, 0.25) is 5.91 Å². The van der Waals surface area contributed by atoms with E-state index in [4.69, 9.17) is 15.0 Å². The van der Waals surface area contributed by atoms with Crippen LogP contribution in [-0.2, 0) is 19.1 Å². The molecule has 0 aromatic carbocycles. The van der Waals surface area contributed by atoms with E-state index in [1.165, 1.54) is 18.4 Å². The molecule has 0 radical (unpaired) electrons. The molecule has 2 amide bonds. The number of hydrogen-bond donors (Lipinski definition) is 1. The van der Waals surface area contributed by atoms with E-state index in [-0.39, 0.29) is 18.9 Å². The highest BCUT2D eigenvalue weighted by molar-refractivity contribution is 5.90. The van der Waals surface area contributed by atoms with Gasteiger partial charge in [-0.3, -0.25) is 4.79 Å². The van der Waals surface area contributed by atoms with Gasteiger partial charge in [-0.15, -0.1) is 0 Å². The van der Waals surface area contributed by atoms with Crippen LogP contribution < -0.4 is 5.32 Å². The van der Waals surface area contributed by atoms with E-state index in [0.29, 0.717) is 12.3 Å². The molecule has 1 heterocycles. The second-order valence-corrected chi connectivity index (χ2v) is 9.06. The molecule has 10 nitrogen and oxygen atoms in total. The second-order valence-electron chi connectivity index (χ2n) is 9.06. The molecule has 0 aromatic heterocycles. The Balaban J connectivity index is 2.20. The molecule has 0 unspecified atom stereocenters. The van der Waals surface area contributed by atoms with Crippen LogP contribution in [0.4, 0.5) is 4.79 Å². The van der Waals surface area contributed by atoms with Crippen LogP contribution in [0.2, 0.25) is 0 Å². The summed E-state index contributed by atoms with van der Waals surface area (Å²) in [6.45, 7) is 5.37. The summed E-state index contributed by atoms with van der Waals surface area (Å²) in [5, 5.41) is 6.39. The summed E-state index contributed by atoms with van der Waals surface area (Å²) in [6, 6.07) is -2.17. The number of methoxy groups -OCH3 is 1. The van der Waals surface area contributed by atoms with Gasteiger partial charge in [0.05, 0.1) is 13.2 Å². The predicted molar refractivity (Wildman–Crippen MR) is 109 cm³/mol. The van der Waals surface area contributed by atoms with Gasteiger partial charge < -0.3 is 19.7 Å². The maximum atomic E-state index is 13.4. The van der Waals surface area contributed by atoms with Gasteiger partial charge >= 0.3 is 12.1 Å². The van der Waals surface area contributed by atoms with Crippen molar-refractivity contribution in [2.24, 2.45) is 11.0 Å². The molecule has 1 saturated heterocycles. The van der Waals surface area contributed by atoms with Crippen molar-refractivity contribution in [3.05, 3.63) is 10.4 Å². The Morgan fingerprint density at radius 1 is 1.23 bits per heavy atom. The van der Waals surface area contributed by atoms with Crippen molar-refractivity contribution in [3.8, 4) is 0 Å². The molecule has 3 atom stereocenters. The highest BCUT2D eigenvalue weighted by Crippen LogP contribution is 2.29. The summed E-state index contributed by atoms with van der Waals surface area (Å²) in [6.07, 6.45) is 5.40. The first-order valence-corrected chi connectivity index (χ1v) is 10.6. The highest BCUT2D eigenvalue weighted by Gasteiger charge is 2.43. The number of ether oxygens (including phenoxy) is 2. The Bertz CT molecular complexity index is 680. The Hall–Kier alpha value is -2.48. The van der Waals surface area contributed by atoms with Crippen molar-refractivity contribution in [1.82, 2.24) is 10.2 Å². The number of nitrogens with zero attached hydrogens (tertiary/aromatic N) is 4. The van der Waals surface area contributed by atoms with E-state index < -0.39 is 35.8 Å². The minimum atomic E-state index is -0.840. The topological polar surface area (TPSA) is 134 Å². The lowest BCUT2D eigenvalue weighted by Gasteiger charge is -2.31. The molecule has 2 rings (SSSR count). The molecule has 1 aliphatic carbocycles. The number of nitrogens with one attached hydrogen (secondary N) is 1. The van der Waals surface area contributed by atoms with Gasteiger partial charge in [0.25, 0.3) is 0 Å². The normalized spacial score (nSPS) is 23.3. The third kappa shape index (κ3) is 6.79. The smallest absolute Gasteiger partial charge is 0.408 e. The van der Waals surface area contributed by atoms with Gasteiger partial charge in [-0.25, -0.2) is 9.59 Å². The molecule has 1 N–H and O–H groups in total. The largest absolute Gasteiger partial charge is 0.467 e. The van der Waals surface area contributed by atoms with Crippen LogP contribution in [-0.4, -0.2) is 60.3 Å². The molecule has 2 fully saturated rings. The lowest BCUT2D eigenvalue weighted by Crippen LogP contribution is -2.53. The molecule has 0 bridgehead atoms. The minimum Gasteiger partial charge on any atom is -0.467 e. The van der Waals surface area contributed by atoms with E-state index in [2.05, 4.69) is 15.3 Å². The molecule has 2 aliphatic rings. The molecule has 0 aromatic rings. The van der Waals surface area contributed by atoms with Crippen LogP contribution in [0.5, 0.6) is 0 Å². The van der Waals surface area contributed by atoms with E-state index >= 15 is 0 Å². The fraction of sp³-hybridized carbons (Fsp3) is 0.850. The Morgan fingerprint density at radius 3 is 2.47 bits per heavy atom. The zero-order valence-electron chi connectivity index (χ0n) is 18.3. The molecule has 1 aliphatic heterocycles. The van der Waals surface area contributed by atoms with Crippen molar-refractivity contribution in [2.45, 2.75) is 89.4 Å². The molecule has 168 valence electrons. The standard InChI is InChI=1S/C20H33N5O5/c1-20(2,3)30-19(28)22-15(10-13-8-6-5-7-9-13)17(26)25-12-14(23-24-21)11-16(25)18(27)29-4/h13-16H,5-12H2,1-4H3,(H,22,28)/t14-,15+,16-/m0/s1. The second kappa shape index (κ2) is 10.5. The van der Waals surface area contributed by atoms with Crippen LogP contribution >= 0.6 is 0 Å². The first kappa shape index (κ1) is 23.8. The van der Waals surface area contributed by atoms with E-state index in [1.54, 1.807) is 20.8 Å². The number of carbonyl (C=O) groups excluding carboxylic acids is 3. The van der Waals surface area contributed by atoms with Crippen molar-refractivity contribution in [1.29, 1.82) is 0 Å². The average Bonchev–Trinajstić information content (AvgIpc) is 3.10. The molecule has 10 heteroatoms. The molecule has 1 saturated carbocycles. The summed E-state index contributed by atoms with van der Waals surface area (Å²) in [7, 11) is 1.25. The number of amides is 2. The number of azide groups is 1. The van der Waals surface area contributed by atoms with E-state index in [9.17, 15) is 14.4 Å². The van der Waals surface area contributed by atoms with Crippen LogP contribution in [0, 0.1) is 5.92 Å². The Morgan fingerprint density at radius 2 is 1.90 bits per heavy atom. The Kier molecular flexibility index (Phi) is 8.34. The molecular weight excluding hydrogens is 390 g/mol. The van der Waals surface area contributed by atoms with Crippen LogP contribution in [0.25, 0.3) is 10.4 Å². The van der Waals surface area contributed by atoms with Crippen molar-refractivity contribution < 1.29 is 23.9 Å². The number of likely N-dealkylation sites (tertiary alicyclic amines) is 1. The van der Waals surface area contributed by atoms with Gasteiger partial charge in [-0.05, 0) is 45.1 Å². The molecular formula is C20H33N5O5. The van der Waals surface area contributed by atoms with E-state index in [1.807, 2.05) is 0 Å². The van der Waals surface area contributed by atoms with Crippen molar-refractivity contribution in [2.75, 3.05) is 13.7 Å². The fourth-order valence-electron chi connectivity index (χ4n) is 4.20. The third-order valence-corrected chi connectivity index (χ3v) is 5.53. The van der Waals surface area contributed by atoms with Gasteiger partial charge in [0.15, 0.2) is 0 Å². The van der Waals surface area contributed by atoms with E-state index in [0.717, 1.165) is 25.7 Å². The van der Waals surface area contributed by atoms with Crippen LogP contribution in [0.15, 0.2) is 5.11 Å². The first-order valence-electron chi connectivity index (χ1n) is 10.6. The quantitative estimate of drug-likeness (QED) is 0.303. The van der Waals surface area contributed by atoms with Crippen LogP contribution in [0.1, 0.15) is 65.7 Å². The number of alkyl carbamates (subject to hydrolysis) is 1. The zero-order valence-corrected chi connectivity index (χ0v) is 18.3.